The molecule has 2 rings (SSSR count). The second-order valence-corrected chi connectivity index (χ2v) is 3.49. The van der Waals surface area contributed by atoms with E-state index in [1.807, 2.05) is 24.3 Å². The van der Waals surface area contributed by atoms with Crippen molar-refractivity contribution in [1.82, 2.24) is 0 Å². The zero-order chi connectivity index (χ0) is 9.97. The maximum absolute atomic E-state index is 9.50. The van der Waals surface area contributed by atoms with Gasteiger partial charge in [-0.25, -0.2) is 0 Å². The molecule has 0 amide bonds. The second-order valence-electron chi connectivity index (χ2n) is 3.49. The maximum Gasteiger partial charge on any atom is 0.145 e. The summed E-state index contributed by atoms with van der Waals surface area (Å²) in [6, 6.07) is 7.55. The van der Waals surface area contributed by atoms with Gasteiger partial charge in [0.2, 0.25) is 0 Å². The first-order chi connectivity index (χ1) is 6.77. The lowest BCUT2D eigenvalue weighted by Gasteiger charge is -2.28. The molecule has 14 heavy (non-hydrogen) atoms. The van der Waals surface area contributed by atoms with Crippen LogP contribution in [0, 0.1) is 0 Å². The van der Waals surface area contributed by atoms with E-state index in [2.05, 4.69) is 0 Å². The number of ether oxygens (including phenoxy) is 2. The summed E-state index contributed by atoms with van der Waals surface area (Å²) in [5.74, 6) is 0.760. The standard InChI is InChI=1S/C11H14O3/c1-8(12)10-4-2-3-5-11(10)14-9-6-13-7-9/h2-5,8-9,12H,6-7H2,1H3. The Morgan fingerprint density at radius 2 is 2.14 bits per heavy atom. The highest BCUT2D eigenvalue weighted by atomic mass is 16.6. The highest BCUT2D eigenvalue weighted by molar-refractivity contribution is 5.35. The molecule has 1 N–H and O–H groups in total. The van der Waals surface area contributed by atoms with E-state index >= 15 is 0 Å². The van der Waals surface area contributed by atoms with Crippen molar-refractivity contribution in [3.63, 3.8) is 0 Å². The van der Waals surface area contributed by atoms with E-state index in [0.717, 1.165) is 11.3 Å². The molecular weight excluding hydrogens is 180 g/mol. The van der Waals surface area contributed by atoms with Gasteiger partial charge in [0.15, 0.2) is 0 Å². The van der Waals surface area contributed by atoms with Gasteiger partial charge in [0, 0.05) is 5.56 Å². The van der Waals surface area contributed by atoms with E-state index < -0.39 is 6.10 Å². The van der Waals surface area contributed by atoms with Gasteiger partial charge in [-0.1, -0.05) is 18.2 Å². The molecule has 1 heterocycles. The summed E-state index contributed by atoms with van der Waals surface area (Å²) in [6.45, 7) is 3.03. The summed E-state index contributed by atoms with van der Waals surface area (Å²) in [5, 5.41) is 9.50. The summed E-state index contributed by atoms with van der Waals surface area (Å²) in [5.41, 5.74) is 0.833. The molecule has 1 aromatic rings. The first-order valence-corrected chi connectivity index (χ1v) is 4.79. The van der Waals surface area contributed by atoms with Crippen LogP contribution in [0.25, 0.3) is 0 Å². The van der Waals surface area contributed by atoms with Crippen LogP contribution in [0.5, 0.6) is 5.75 Å². The van der Waals surface area contributed by atoms with Crippen molar-refractivity contribution >= 4 is 0 Å². The van der Waals surface area contributed by atoms with Gasteiger partial charge in [-0.3, -0.25) is 0 Å². The van der Waals surface area contributed by atoms with Crippen LogP contribution in [-0.2, 0) is 4.74 Å². The number of hydrogen-bond acceptors (Lipinski definition) is 3. The van der Waals surface area contributed by atoms with Crippen LogP contribution < -0.4 is 4.74 Å². The molecule has 1 aromatic carbocycles. The molecule has 1 unspecified atom stereocenters. The van der Waals surface area contributed by atoms with Gasteiger partial charge in [-0.15, -0.1) is 0 Å². The van der Waals surface area contributed by atoms with Crippen LogP contribution in [0.4, 0.5) is 0 Å². The average molecular weight is 194 g/mol. The zero-order valence-electron chi connectivity index (χ0n) is 8.14. The Bertz CT molecular complexity index is 305. The Morgan fingerprint density at radius 1 is 1.43 bits per heavy atom. The predicted octanol–water partition coefficient (Wildman–Crippen LogP) is 1.52. The highest BCUT2D eigenvalue weighted by Crippen LogP contribution is 2.26. The minimum atomic E-state index is -0.493. The Kier molecular flexibility index (Phi) is 2.70. The van der Waals surface area contributed by atoms with Gasteiger partial charge in [0.1, 0.15) is 11.9 Å². The van der Waals surface area contributed by atoms with Crippen LogP contribution in [0.3, 0.4) is 0 Å². The number of hydrogen-bond donors (Lipinski definition) is 1. The van der Waals surface area contributed by atoms with E-state index in [1.165, 1.54) is 0 Å². The maximum atomic E-state index is 9.50. The first kappa shape index (κ1) is 9.49. The van der Waals surface area contributed by atoms with Crippen molar-refractivity contribution in [3.8, 4) is 5.75 Å². The lowest BCUT2D eigenvalue weighted by Crippen LogP contribution is -2.38. The molecule has 1 aliphatic heterocycles. The summed E-state index contributed by atoms with van der Waals surface area (Å²) >= 11 is 0. The summed E-state index contributed by atoms with van der Waals surface area (Å²) in [4.78, 5) is 0. The Labute approximate surface area is 83.3 Å². The minimum Gasteiger partial charge on any atom is -0.485 e. The van der Waals surface area contributed by atoms with Gasteiger partial charge in [0.25, 0.3) is 0 Å². The molecule has 1 fully saturated rings. The smallest absolute Gasteiger partial charge is 0.145 e. The topological polar surface area (TPSA) is 38.7 Å². The molecule has 0 saturated carbocycles. The van der Waals surface area contributed by atoms with Crippen molar-refractivity contribution in [3.05, 3.63) is 29.8 Å². The zero-order valence-corrected chi connectivity index (χ0v) is 8.14. The molecule has 1 aliphatic rings. The van der Waals surface area contributed by atoms with Crippen LogP contribution in [-0.4, -0.2) is 24.4 Å². The SMILES string of the molecule is CC(O)c1ccccc1OC1COC1. The van der Waals surface area contributed by atoms with Gasteiger partial charge in [-0.05, 0) is 13.0 Å². The largest absolute Gasteiger partial charge is 0.485 e. The predicted molar refractivity (Wildman–Crippen MR) is 52.3 cm³/mol. The van der Waals surface area contributed by atoms with Crippen molar-refractivity contribution in [2.45, 2.75) is 19.1 Å². The molecule has 0 spiro atoms. The lowest BCUT2D eigenvalue weighted by atomic mass is 10.1. The molecule has 1 atom stereocenters. The second kappa shape index (κ2) is 3.98. The molecule has 76 valence electrons. The Hall–Kier alpha value is -1.06. The van der Waals surface area contributed by atoms with Gasteiger partial charge < -0.3 is 14.6 Å². The van der Waals surface area contributed by atoms with Crippen LogP contribution >= 0.6 is 0 Å². The molecule has 1 saturated heterocycles. The fourth-order valence-electron chi connectivity index (χ4n) is 1.39. The van der Waals surface area contributed by atoms with E-state index in [1.54, 1.807) is 6.92 Å². The first-order valence-electron chi connectivity index (χ1n) is 4.79. The van der Waals surface area contributed by atoms with Gasteiger partial charge >= 0.3 is 0 Å². The third kappa shape index (κ3) is 1.89. The van der Waals surface area contributed by atoms with E-state index in [9.17, 15) is 5.11 Å². The molecule has 3 heteroatoms. The molecule has 0 aliphatic carbocycles. The molecule has 3 nitrogen and oxygen atoms in total. The van der Waals surface area contributed by atoms with Gasteiger partial charge in [-0.2, -0.15) is 0 Å². The number of para-hydroxylation sites is 1. The number of aliphatic hydroxyl groups is 1. The molecule has 0 bridgehead atoms. The summed E-state index contributed by atoms with van der Waals surface area (Å²) < 4.78 is 10.7. The van der Waals surface area contributed by atoms with Crippen LogP contribution in [0.2, 0.25) is 0 Å². The molecule has 0 radical (unpaired) electrons. The van der Waals surface area contributed by atoms with E-state index in [4.69, 9.17) is 9.47 Å². The lowest BCUT2D eigenvalue weighted by molar-refractivity contribution is -0.0804. The summed E-state index contributed by atoms with van der Waals surface area (Å²) in [6.07, 6.45) is -0.345. The highest BCUT2D eigenvalue weighted by Gasteiger charge is 2.21. The quantitative estimate of drug-likeness (QED) is 0.792. The van der Waals surface area contributed by atoms with Crippen LogP contribution in [0.15, 0.2) is 24.3 Å². The third-order valence-corrected chi connectivity index (χ3v) is 2.27. The van der Waals surface area contributed by atoms with Crippen LogP contribution in [0.1, 0.15) is 18.6 Å². The van der Waals surface area contributed by atoms with Crippen molar-refractivity contribution in [2.24, 2.45) is 0 Å². The average Bonchev–Trinajstić information content (AvgIpc) is 2.12. The number of rotatable bonds is 3. The normalized spacial score (nSPS) is 18.7. The Balaban J connectivity index is 2.13. The molecular formula is C11H14O3. The fourth-order valence-corrected chi connectivity index (χ4v) is 1.39. The number of aliphatic hydroxyl groups excluding tert-OH is 1. The monoisotopic (exact) mass is 194 g/mol. The van der Waals surface area contributed by atoms with E-state index in [0.29, 0.717) is 13.2 Å². The Morgan fingerprint density at radius 3 is 2.71 bits per heavy atom. The summed E-state index contributed by atoms with van der Waals surface area (Å²) in [7, 11) is 0. The number of benzene rings is 1. The van der Waals surface area contributed by atoms with Gasteiger partial charge in [0.05, 0.1) is 19.3 Å². The van der Waals surface area contributed by atoms with Crippen molar-refractivity contribution in [2.75, 3.05) is 13.2 Å². The van der Waals surface area contributed by atoms with E-state index in [-0.39, 0.29) is 6.10 Å². The van der Waals surface area contributed by atoms with Crippen molar-refractivity contribution < 1.29 is 14.6 Å². The third-order valence-electron chi connectivity index (χ3n) is 2.27. The minimum absolute atomic E-state index is 0.148. The molecule has 0 aromatic heterocycles. The van der Waals surface area contributed by atoms with Crippen molar-refractivity contribution in [1.29, 1.82) is 0 Å². The fraction of sp³-hybridized carbons (Fsp3) is 0.455.